The molecule has 68 valence electrons. The van der Waals surface area contributed by atoms with Gasteiger partial charge in [0.05, 0.1) is 6.61 Å². The molecule has 0 spiro atoms. The summed E-state index contributed by atoms with van der Waals surface area (Å²) in [4.78, 5) is 10.4. The summed E-state index contributed by atoms with van der Waals surface area (Å²) < 4.78 is 6.49. The van der Waals surface area contributed by atoms with Crippen LogP contribution in [0.1, 0.15) is 17.9 Å². The molecule has 1 aliphatic heterocycles. The van der Waals surface area contributed by atoms with Gasteiger partial charge in [-0.1, -0.05) is 22.0 Å². The first-order chi connectivity index (χ1) is 6.33. The predicted molar refractivity (Wildman–Crippen MR) is 53.1 cm³/mol. The monoisotopic (exact) mass is 240 g/mol. The summed E-state index contributed by atoms with van der Waals surface area (Å²) >= 11 is 3.46. The fourth-order valence-corrected chi connectivity index (χ4v) is 2.29. The number of hydrogen-bond donors (Lipinski definition) is 0. The van der Waals surface area contributed by atoms with Crippen molar-refractivity contribution in [2.75, 3.05) is 6.61 Å². The van der Waals surface area contributed by atoms with Gasteiger partial charge in [0.2, 0.25) is 0 Å². The maximum Gasteiger partial charge on any atom is 0.124 e. The van der Waals surface area contributed by atoms with Gasteiger partial charge in [-0.25, -0.2) is 0 Å². The van der Waals surface area contributed by atoms with E-state index in [9.17, 15) is 4.79 Å². The third kappa shape index (κ3) is 1.48. The Kier molecular flexibility index (Phi) is 2.36. The molecule has 2 rings (SSSR count). The molecule has 1 aliphatic rings. The maximum atomic E-state index is 10.4. The summed E-state index contributed by atoms with van der Waals surface area (Å²) in [6.07, 6.45) is 1.48. The summed E-state index contributed by atoms with van der Waals surface area (Å²) in [6.45, 7) is 0.622. The van der Waals surface area contributed by atoms with Crippen molar-refractivity contribution in [3.8, 4) is 5.75 Å². The molecule has 1 unspecified atom stereocenters. The van der Waals surface area contributed by atoms with E-state index >= 15 is 0 Å². The van der Waals surface area contributed by atoms with Gasteiger partial charge in [-0.2, -0.15) is 0 Å². The van der Waals surface area contributed by atoms with E-state index in [0.717, 1.165) is 22.1 Å². The number of carbonyl (C=O) groups is 1. The van der Waals surface area contributed by atoms with E-state index < -0.39 is 0 Å². The van der Waals surface area contributed by atoms with Crippen molar-refractivity contribution in [2.24, 2.45) is 0 Å². The topological polar surface area (TPSA) is 26.3 Å². The Morgan fingerprint density at radius 1 is 1.62 bits per heavy atom. The van der Waals surface area contributed by atoms with E-state index in [4.69, 9.17) is 4.74 Å². The highest BCUT2D eigenvalue weighted by atomic mass is 79.9. The third-order valence-electron chi connectivity index (χ3n) is 2.24. The molecule has 2 nitrogen and oxygen atoms in total. The van der Waals surface area contributed by atoms with E-state index in [1.165, 1.54) is 0 Å². The van der Waals surface area contributed by atoms with Crippen molar-refractivity contribution in [2.45, 2.75) is 12.3 Å². The minimum atomic E-state index is 0.225. The molecule has 1 aromatic carbocycles. The number of fused-ring (bicyclic) bond motifs is 1. The Labute approximate surface area is 85.0 Å². The van der Waals surface area contributed by atoms with Gasteiger partial charge in [0.15, 0.2) is 0 Å². The van der Waals surface area contributed by atoms with E-state index in [0.29, 0.717) is 13.0 Å². The zero-order chi connectivity index (χ0) is 9.26. The van der Waals surface area contributed by atoms with Crippen LogP contribution >= 0.6 is 15.9 Å². The Balaban J connectivity index is 2.39. The molecule has 0 radical (unpaired) electrons. The average Bonchev–Trinajstić information content (AvgIpc) is 2.51. The summed E-state index contributed by atoms with van der Waals surface area (Å²) in [5.74, 6) is 1.13. The van der Waals surface area contributed by atoms with Gasteiger partial charge < -0.3 is 9.53 Å². The van der Waals surface area contributed by atoms with Gasteiger partial charge in [0.1, 0.15) is 12.0 Å². The Hall–Kier alpha value is -0.830. The lowest BCUT2D eigenvalue weighted by molar-refractivity contribution is -0.108. The van der Waals surface area contributed by atoms with Crippen LogP contribution in [0.15, 0.2) is 22.7 Å². The van der Waals surface area contributed by atoms with Gasteiger partial charge in [-0.05, 0) is 12.1 Å². The summed E-state index contributed by atoms with van der Waals surface area (Å²) in [6, 6.07) is 5.85. The number of hydrogen-bond acceptors (Lipinski definition) is 2. The van der Waals surface area contributed by atoms with Crippen LogP contribution in [0.5, 0.6) is 5.75 Å². The second kappa shape index (κ2) is 3.50. The second-order valence-corrected chi connectivity index (χ2v) is 3.92. The van der Waals surface area contributed by atoms with E-state index in [1.807, 2.05) is 18.2 Å². The molecule has 1 heterocycles. The molecule has 13 heavy (non-hydrogen) atoms. The van der Waals surface area contributed by atoms with Crippen LogP contribution < -0.4 is 4.74 Å². The van der Waals surface area contributed by atoms with Crippen LogP contribution in [0.25, 0.3) is 0 Å². The molecule has 0 N–H and O–H groups in total. The Morgan fingerprint density at radius 3 is 3.23 bits per heavy atom. The number of benzene rings is 1. The fourth-order valence-electron chi connectivity index (χ4n) is 1.62. The zero-order valence-electron chi connectivity index (χ0n) is 7.00. The standard InChI is InChI=1S/C10H9BrO2/c11-8-2-1-3-9-10(8)7(4-5-12)6-13-9/h1-3,5,7H,4,6H2. The van der Waals surface area contributed by atoms with Crippen molar-refractivity contribution in [3.05, 3.63) is 28.2 Å². The van der Waals surface area contributed by atoms with E-state index in [2.05, 4.69) is 15.9 Å². The van der Waals surface area contributed by atoms with Crippen molar-refractivity contribution in [1.29, 1.82) is 0 Å². The van der Waals surface area contributed by atoms with Crippen molar-refractivity contribution in [3.63, 3.8) is 0 Å². The lowest BCUT2D eigenvalue weighted by Gasteiger charge is -2.05. The first-order valence-corrected chi connectivity index (χ1v) is 4.97. The summed E-state index contributed by atoms with van der Waals surface area (Å²) in [7, 11) is 0. The maximum absolute atomic E-state index is 10.4. The average molecular weight is 241 g/mol. The molecule has 0 bridgehead atoms. The van der Waals surface area contributed by atoms with Crippen LogP contribution in [0.4, 0.5) is 0 Å². The zero-order valence-corrected chi connectivity index (χ0v) is 8.58. The van der Waals surface area contributed by atoms with E-state index in [1.54, 1.807) is 0 Å². The molecular formula is C10H9BrO2. The molecule has 1 aromatic rings. The Bertz CT molecular complexity index is 336. The Morgan fingerprint density at radius 2 is 2.46 bits per heavy atom. The van der Waals surface area contributed by atoms with Crippen molar-refractivity contribution >= 4 is 22.2 Å². The fraction of sp³-hybridized carbons (Fsp3) is 0.300. The molecule has 0 saturated heterocycles. The highest BCUT2D eigenvalue weighted by Gasteiger charge is 2.25. The molecular weight excluding hydrogens is 232 g/mol. The van der Waals surface area contributed by atoms with Crippen LogP contribution in [0, 0.1) is 0 Å². The van der Waals surface area contributed by atoms with Gasteiger partial charge in [-0.3, -0.25) is 0 Å². The van der Waals surface area contributed by atoms with E-state index in [-0.39, 0.29) is 5.92 Å². The van der Waals surface area contributed by atoms with Gasteiger partial charge >= 0.3 is 0 Å². The quantitative estimate of drug-likeness (QED) is 0.743. The van der Waals surface area contributed by atoms with Crippen LogP contribution in [0.2, 0.25) is 0 Å². The molecule has 0 amide bonds. The van der Waals surface area contributed by atoms with Crippen molar-refractivity contribution in [1.82, 2.24) is 0 Å². The summed E-state index contributed by atoms with van der Waals surface area (Å²) in [5.41, 5.74) is 1.13. The number of carbonyl (C=O) groups excluding carboxylic acids is 1. The van der Waals surface area contributed by atoms with Gasteiger partial charge in [-0.15, -0.1) is 0 Å². The number of aldehydes is 1. The van der Waals surface area contributed by atoms with Crippen LogP contribution in [-0.4, -0.2) is 12.9 Å². The predicted octanol–water partition coefficient (Wildman–Crippen LogP) is 2.51. The van der Waals surface area contributed by atoms with Gasteiger partial charge in [0.25, 0.3) is 0 Å². The summed E-state index contributed by atoms with van der Waals surface area (Å²) in [5, 5.41) is 0. The van der Waals surface area contributed by atoms with Crippen LogP contribution in [-0.2, 0) is 4.79 Å². The van der Waals surface area contributed by atoms with Crippen LogP contribution in [0.3, 0.4) is 0 Å². The van der Waals surface area contributed by atoms with Gasteiger partial charge in [0, 0.05) is 22.4 Å². The second-order valence-electron chi connectivity index (χ2n) is 3.06. The number of ether oxygens (including phenoxy) is 1. The highest BCUT2D eigenvalue weighted by molar-refractivity contribution is 9.10. The normalized spacial score (nSPS) is 19.3. The SMILES string of the molecule is O=CCC1COc2cccc(Br)c21. The van der Waals surface area contributed by atoms with Crippen molar-refractivity contribution < 1.29 is 9.53 Å². The first-order valence-electron chi connectivity index (χ1n) is 4.17. The lowest BCUT2D eigenvalue weighted by atomic mass is 9.99. The first kappa shape index (κ1) is 8.75. The lowest BCUT2D eigenvalue weighted by Crippen LogP contribution is -2.01. The molecule has 0 saturated carbocycles. The smallest absolute Gasteiger partial charge is 0.124 e. The molecule has 0 fully saturated rings. The number of rotatable bonds is 2. The largest absolute Gasteiger partial charge is 0.493 e. The number of halogens is 1. The molecule has 0 aliphatic carbocycles. The molecule has 1 atom stereocenters. The highest BCUT2D eigenvalue weighted by Crippen LogP contribution is 2.39. The molecule has 0 aromatic heterocycles. The third-order valence-corrected chi connectivity index (χ3v) is 2.93. The minimum absolute atomic E-state index is 0.225. The minimum Gasteiger partial charge on any atom is -0.493 e. The molecule has 3 heteroatoms.